The highest BCUT2D eigenvalue weighted by Gasteiger charge is 2.21. The quantitative estimate of drug-likeness (QED) is 0.673. The minimum Gasteiger partial charge on any atom is -0.496 e. The Morgan fingerprint density at radius 2 is 2.16 bits per heavy atom. The van der Waals surface area contributed by atoms with Crippen molar-refractivity contribution < 1.29 is 19.4 Å². The standard InChI is InChI=1S/C13H18N2O4/c1-3-4-10(13(17)18)15-12(16)9-6-5-8(14)7-11(9)19-2/h5-7,10H,3-4,14H2,1-2H3,(H,15,16)(H,17,18)/t10-/m0/s1. The van der Waals surface area contributed by atoms with Crippen LogP contribution in [0.5, 0.6) is 5.75 Å². The molecule has 6 nitrogen and oxygen atoms in total. The predicted octanol–water partition coefficient (Wildman–Crippen LogP) is 1.26. The molecule has 1 amide bonds. The van der Waals surface area contributed by atoms with Crippen LogP contribution in [0.3, 0.4) is 0 Å². The third kappa shape index (κ3) is 3.87. The van der Waals surface area contributed by atoms with Gasteiger partial charge < -0.3 is 20.9 Å². The van der Waals surface area contributed by atoms with E-state index in [2.05, 4.69) is 5.32 Å². The van der Waals surface area contributed by atoms with Crippen LogP contribution in [0.1, 0.15) is 30.1 Å². The Kier molecular flexibility index (Phi) is 5.17. The summed E-state index contributed by atoms with van der Waals surface area (Å²) >= 11 is 0. The van der Waals surface area contributed by atoms with Crippen molar-refractivity contribution in [1.29, 1.82) is 0 Å². The van der Waals surface area contributed by atoms with Gasteiger partial charge in [-0.15, -0.1) is 0 Å². The minimum absolute atomic E-state index is 0.263. The van der Waals surface area contributed by atoms with E-state index in [4.69, 9.17) is 15.6 Å². The summed E-state index contributed by atoms with van der Waals surface area (Å²) in [5.74, 6) is -1.22. The van der Waals surface area contributed by atoms with Gasteiger partial charge in [0.2, 0.25) is 0 Å². The Morgan fingerprint density at radius 1 is 1.47 bits per heavy atom. The summed E-state index contributed by atoms with van der Waals surface area (Å²) in [6, 6.07) is 3.69. The van der Waals surface area contributed by atoms with Crippen molar-refractivity contribution in [3.05, 3.63) is 23.8 Å². The van der Waals surface area contributed by atoms with Gasteiger partial charge in [0.1, 0.15) is 11.8 Å². The number of hydrogen-bond acceptors (Lipinski definition) is 4. The summed E-state index contributed by atoms with van der Waals surface area (Å²) in [4.78, 5) is 23.0. The average Bonchev–Trinajstić information content (AvgIpc) is 2.37. The number of carbonyl (C=O) groups excluding carboxylic acids is 1. The summed E-state index contributed by atoms with van der Waals surface area (Å²) in [7, 11) is 1.42. The summed E-state index contributed by atoms with van der Waals surface area (Å²) in [5, 5.41) is 11.5. The number of aliphatic carboxylic acids is 1. The largest absolute Gasteiger partial charge is 0.496 e. The smallest absolute Gasteiger partial charge is 0.326 e. The second-order valence-electron chi connectivity index (χ2n) is 4.11. The van der Waals surface area contributed by atoms with Crippen molar-refractivity contribution in [3.8, 4) is 5.75 Å². The highest BCUT2D eigenvalue weighted by Crippen LogP contribution is 2.21. The molecule has 0 fully saturated rings. The van der Waals surface area contributed by atoms with Crippen molar-refractivity contribution in [2.24, 2.45) is 0 Å². The zero-order chi connectivity index (χ0) is 14.4. The number of nitrogens with two attached hydrogens (primary N) is 1. The van der Waals surface area contributed by atoms with E-state index in [1.54, 1.807) is 6.07 Å². The highest BCUT2D eigenvalue weighted by molar-refractivity contribution is 5.99. The Hall–Kier alpha value is -2.24. The molecule has 1 atom stereocenters. The number of anilines is 1. The molecule has 4 N–H and O–H groups in total. The molecule has 19 heavy (non-hydrogen) atoms. The highest BCUT2D eigenvalue weighted by atomic mass is 16.5. The number of amides is 1. The molecular formula is C13H18N2O4. The fourth-order valence-corrected chi connectivity index (χ4v) is 1.68. The molecular weight excluding hydrogens is 248 g/mol. The lowest BCUT2D eigenvalue weighted by atomic mass is 10.1. The molecule has 0 bridgehead atoms. The van der Waals surface area contributed by atoms with Gasteiger partial charge in [-0.1, -0.05) is 13.3 Å². The lowest BCUT2D eigenvalue weighted by molar-refractivity contribution is -0.139. The van der Waals surface area contributed by atoms with E-state index in [9.17, 15) is 9.59 Å². The zero-order valence-electron chi connectivity index (χ0n) is 11.0. The molecule has 0 unspecified atom stereocenters. The van der Waals surface area contributed by atoms with Crippen LogP contribution in [0.2, 0.25) is 0 Å². The predicted molar refractivity (Wildman–Crippen MR) is 71.2 cm³/mol. The van der Waals surface area contributed by atoms with Crippen molar-refractivity contribution >= 4 is 17.6 Å². The van der Waals surface area contributed by atoms with Crippen LogP contribution in [-0.2, 0) is 4.79 Å². The molecule has 0 aromatic heterocycles. The fraction of sp³-hybridized carbons (Fsp3) is 0.385. The molecule has 0 saturated carbocycles. The number of benzene rings is 1. The lowest BCUT2D eigenvalue weighted by Crippen LogP contribution is -2.40. The van der Waals surface area contributed by atoms with Crippen LogP contribution in [0, 0.1) is 0 Å². The van der Waals surface area contributed by atoms with Crippen molar-refractivity contribution in [2.45, 2.75) is 25.8 Å². The van der Waals surface area contributed by atoms with E-state index in [1.807, 2.05) is 6.92 Å². The van der Waals surface area contributed by atoms with Crippen LogP contribution in [0.15, 0.2) is 18.2 Å². The number of nitrogens with one attached hydrogen (secondary N) is 1. The van der Waals surface area contributed by atoms with Gasteiger partial charge in [-0.05, 0) is 18.6 Å². The number of rotatable bonds is 6. The number of carbonyl (C=O) groups is 2. The molecule has 0 aliphatic heterocycles. The molecule has 0 aliphatic carbocycles. The molecule has 0 aliphatic rings. The fourth-order valence-electron chi connectivity index (χ4n) is 1.68. The second kappa shape index (κ2) is 6.63. The van der Waals surface area contributed by atoms with Gasteiger partial charge in [0.05, 0.1) is 12.7 Å². The average molecular weight is 266 g/mol. The minimum atomic E-state index is -1.05. The van der Waals surface area contributed by atoms with Gasteiger partial charge in [-0.3, -0.25) is 4.79 Å². The van der Waals surface area contributed by atoms with E-state index in [1.165, 1.54) is 19.2 Å². The summed E-state index contributed by atoms with van der Waals surface area (Å²) in [5.41, 5.74) is 6.33. The van der Waals surface area contributed by atoms with Crippen molar-refractivity contribution in [1.82, 2.24) is 5.32 Å². The van der Waals surface area contributed by atoms with E-state index >= 15 is 0 Å². The topological polar surface area (TPSA) is 102 Å². The normalized spacial score (nSPS) is 11.7. The third-order valence-corrected chi connectivity index (χ3v) is 2.65. The van der Waals surface area contributed by atoms with Gasteiger partial charge in [-0.25, -0.2) is 4.79 Å². The molecule has 6 heteroatoms. The summed E-state index contributed by atoms with van der Waals surface area (Å²) in [6.45, 7) is 1.85. The first-order valence-corrected chi connectivity index (χ1v) is 5.96. The Labute approximate surface area is 111 Å². The second-order valence-corrected chi connectivity index (χ2v) is 4.11. The van der Waals surface area contributed by atoms with Crippen LogP contribution in [0.4, 0.5) is 5.69 Å². The molecule has 1 aromatic carbocycles. The monoisotopic (exact) mass is 266 g/mol. The Morgan fingerprint density at radius 3 is 2.68 bits per heavy atom. The molecule has 1 rings (SSSR count). The maximum atomic E-state index is 12.0. The number of carboxylic acid groups (broad SMARTS) is 1. The maximum absolute atomic E-state index is 12.0. The van der Waals surface area contributed by atoms with Crippen LogP contribution in [-0.4, -0.2) is 30.1 Å². The number of carboxylic acids is 1. The number of ether oxygens (including phenoxy) is 1. The Balaban J connectivity index is 2.91. The van der Waals surface area contributed by atoms with Gasteiger partial charge in [0, 0.05) is 11.8 Å². The maximum Gasteiger partial charge on any atom is 0.326 e. The van der Waals surface area contributed by atoms with Crippen LogP contribution >= 0.6 is 0 Å². The molecule has 0 heterocycles. The van der Waals surface area contributed by atoms with Gasteiger partial charge in [-0.2, -0.15) is 0 Å². The first-order valence-electron chi connectivity index (χ1n) is 5.96. The van der Waals surface area contributed by atoms with Crippen molar-refractivity contribution in [3.63, 3.8) is 0 Å². The third-order valence-electron chi connectivity index (χ3n) is 2.65. The van der Waals surface area contributed by atoms with Gasteiger partial charge in [0.25, 0.3) is 5.91 Å². The first kappa shape index (κ1) is 14.8. The van der Waals surface area contributed by atoms with E-state index in [-0.39, 0.29) is 5.56 Å². The summed E-state index contributed by atoms with van der Waals surface area (Å²) < 4.78 is 5.06. The van der Waals surface area contributed by atoms with Gasteiger partial charge in [0.15, 0.2) is 0 Å². The Bertz CT molecular complexity index is 474. The van der Waals surface area contributed by atoms with Crippen LogP contribution < -0.4 is 15.8 Å². The van der Waals surface area contributed by atoms with Crippen molar-refractivity contribution in [2.75, 3.05) is 12.8 Å². The first-order chi connectivity index (χ1) is 8.99. The SMILES string of the molecule is CCC[C@H](NC(=O)c1ccc(N)cc1OC)C(=O)O. The molecule has 1 aromatic rings. The van der Waals surface area contributed by atoms with Crippen LogP contribution in [0.25, 0.3) is 0 Å². The molecule has 104 valence electrons. The lowest BCUT2D eigenvalue weighted by Gasteiger charge is -2.15. The number of methoxy groups -OCH3 is 1. The van der Waals surface area contributed by atoms with E-state index in [0.29, 0.717) is 24.3 Å². The van der Waals surface area contributed by atoms with Gasteiger partial charge >= 0.3 is 5.97 Å². The summed E-state index contributed by atoms with van der Waals surface area (Å²) in [6.07, 6.45) is 1.04. The molecule has 0 saturated heterocycles. The number of hydrogen-bond donors (Lipinski definition) is 3. The molecule has 0 radical (unpaired) electrons. The van der Waals surface area contributed by atoms with E-state index < -0.39 is 17.9 Å². The van der Waals surface area contributed by atoms with E-state index in [0.717, 1.165) is 0 Å². The zero-order valence-corrected chi connectivity index (χ0v) is 11.0. The number of nitrogen functional groups attached to an aromatic ring is 1. The molecule has 0 spiro atoms.